The summed E-state index contributed by atoms with van der Waals surface area (Å²) in [5.74, 6) is 0.263. The molecule has 1 aromatic heterocycles. The number of rotatable bonds is 3. The van der Waals surface area contributed by atoms with Gasteiger partial charge in [0, 0.05) is 12.1 Å². The van der Waals surface area contributed by atoms with E-state index >= 15 is 0 Å². The number of methoxy groups -OCH3 is 1. The highest BCUT2D eigenvalue weighted by Crippen LogP contribution is 2.18. The predicted octanol–water partition coefficient (Wildman–Crippen LogP) is 1.16. The summed E-state index contributed by atoms with van der Waals surface area (Å²) in [7, 11) is 1.51. The van der Waals surface area contributed by atoms with Crippen molar-refractivity contribution in [3.05, 3.63) is 18.1 Å². The Morgan fingerprint density at radius 1 is 1.44 bits per heavy atom. The Morgan fingerprint density at radius 2 is 2.19 bits per heavy atom. The first kappa shape index (κ1) is 10.9. The van der Waals surface area contributed by atoms with Crippen molar-refractivity contribution in [2.45, 2.75) is 31.7 Å². The van der Waals surface area contributed by atoms with Crippen LogP contribution < -0.4 is 10.1 Å². The molecule has 5 nitrogen and oxygen atoms in total. The molecule has 0 spiro atoms. The number of amides is 1. The smallest absolute Gasteiger partial charge is 0.270 e. The number of hydrogen-bond acceptors (Lipinski definition) is 4. The van der Waals surface area contributed by atoms with Crippen molar-refractivity contribution in [2.24, 2.45) is 0 Å². The number of nitrogens with one attached hydrogen (secondary N) is 1. The summed E-state index contributed by atoms with van der Waals surface area (Å²) >= 11 is 0. The summed E-state index contributed by atoms with van der Waals surface area (Å²) < 4.78 is 4.94. The van der Waals surface area contributed by atoms with Gasteiger partial charge in [-0.25, -0.2) is 9.97 Å². The van der Waals surface area contributed by atoms with Crippen LogP contribution in [-0.4, -0.2) is 29.0 Å². The van der Waals surface area contributed by atoms with Gasteiger partial charge in [-0.1, -0.05) is 12.8 Å². The van der Waals surface area contributed by atoms with Gasteiger partial charge in [-0.2, -0.15) is 0 Å². The van der Waals surface area contributed by atoms with Crippen molar-refractivity contribution >= 4 is 5.91 Å². The molecule has 1 aromatic rings. The van der Waals surface area contributed by atoms with E-state index in [4.69, 9.17) is 4.74 Å². The van der Waals surface area contributed by atoms with Gasteiger partial charge in [0.15, 0.2) is 0 Å². The zero-order chi connectivity index (χ0) is 11.4. The lowest BCUT2D eigenvalue weighted by Crippen LogP contribution is -2.33. The molecule has 0 bridgehead atoms. The molecule has 0 aliphatic heterocycles. The van der Waals surface area contributed by atoms with Crippen LogP contribution in [0.2, 0.25) is 0 Å². The second-order valence-corrected chi connectivity index (χ2v) is 3.90. The van der Waals surface area contributed by atoms with Crippen LogP contribution in [0.4, 0.5) is 0 Å². The quantitative estimate of drug-likeness (QED) is 0.831. The van der Waals surface area contributed by atoms with E-state index in [9.17, 15) is 4.79 Å². The Morgan fingerprint density at radius 3 is 2.88 bits per heavy atom. The van der Waals surface area contributed by atoms with E-state index in [0.29, 0.717) is 17.6 Å². The molecule has 0 atom stereocenters. The van der Waals surface area contributed by atoms with Crippen LogP contribution in [0.1, 0.15) is 36.2 Å². The molecule has 5 heteroatoms. The second-order valence-electron chi connectivity index (χ2n) is 3.90. The summed E-state index contributed by atoms with van der Waals surface area (Å²) in [5, 5.41) is 2.96. The number of hydrogen-bond donors (Lipinski definition) is 1. The highest BCUT2D eigenvalue weighted by atomic mass is 16.5. The third kappa shape index (κ3) is 2.48. The van der Waals surface area contributed by atoms with E-state index in [1.807, 2.05) is 0 Å². The molecule has 1 amide bonds. The first-order chi connectivity index (χ1) is 7.79. The lowest BCUT2D eigenvalue weighted by Gasteiger charge is -2.11. The van der Waals surface area contributed by atoms with E-state index in [0.717, 1.165) is 12.8 Å². The Kier molecular flexibility index (Phi) is 3.34. The molecule has 0 aromatic carbocycles. The molecule has 16 heavy (non-hydrogen) atoms. The molecule has 0 radical (unpaired) electrons. The number of carbonyl (C=O) groups is 1. The molecule has 1 aliphatic carbocycles. The van der Waals surface area contributed by atoms with Crippen molar-refractivity contribution in [1.82, 2.24) is 15.3 Å². The van der Waals surface area contributed by atoms with Crippen LogP contribution in [0.3, 0.4) is 0 Å². The Balaban J connectivity index is 2.01. The van der Waals surface area contributed by atoms with Gasteiger partial charge in [0.1, 0.15) is 12.0 Å². The minimum Gasteiger partial charge on any atom is -0.481 e. The van der Waals surface area contributed by atoms with Gasteiger partial charge in [-0.05, 0) is 12.8 Å². The summed E-state index contributed by atoms with van der Waals surface area (Å²) in [5.41, 5.74) is 0.360. The Labute approximate surface area is 94.2 Å². The fraction of sp³-hybridized carbons (Fsp3) is 0.545. The van der Waals surface area contributed by atoms with Crippen LogP contribution in [0, 0.1) is 0 Å². The maximum atomic E-state index is 11.8. The van der Waals surface area contributed by atoms with Crippen LogP contribution >= 0.6 is 0 Å². The third-order valence-corrected chi connectivity index (χ3v) is 2.77. The van der Waals surface area contributed by atoms with Crippen molar-refractivity contribution < 1.29 is 9.53 Å². The van der Waals surface area contributed by atoms with E-state index < -0.39 is 0 Å². The molecule has 1 N–H and O–H groups in total. The summed E-state index contributed by atoms with van der Waals surface area (Å²) in [4.78, 5) is 19.6. The third-order valence-electron chi connectivity index (χ3n) is 2.77. The molecular formula is C11H15N3O2. The minimum atomic E-state index is -0.146. The molecule has 1 fully saturated rings. The van der Waals surface area contributed by atoms with Crippen molar-refractivity contribution in [1.29, 1.82) is 0 Å². The van der Waals surface area contributed by atoms with Gasteiger partial charge >= 0.3 is 0 Å². The molecule has 1 saturated carbocycles. The summed E-state index contributed by atoms with van der Waals surface area (Å²) in [6, 6.07) is 1.85. The highest BCUT2D eigenvalue weighted by molar-refractivity contribution is 5.92. The summed E-state index contributed by atoms with van der Waals surface area (Å²) in [6.45, 7) is 0. The number of carbonyl (C=O) groups excluding carboxylic acids is 1. The topological polar surface area (TPSA) is 64.1 Å². The van der Waals surface area contributed by atoms with Gasteiger partial charge in [-0.15, -0.1) is 0 Å². The maximum Gasteiger partial charge on any atom is 0.270 e. The fourth-order valence-corrected chi connectivity index (χ4v) is 1.90. The SMILES string of the molecule is COc1cc(C(=O)NC2CCCC2)ncn1. The monoisotopic (exact) mass is 221 g/mol. The van der Waals surface area contributed by atoms with Gasteiger partial charge in [0.25, 0.3) is 5.91 Å². The predicted molar refractivity (Wildman–Crippen MR) is 58.3 cm³/mol. The zero-order valence-electron chi connectivity index (χ0n) is 9.27. The van der Waals surface area contributed by atoms with Gasteiger partial charge in [-0.3, -0.25) is 4.79 Å². The van der Waals surface area contributed by atoms with Crippen LogP contribution in [0.25, 0.3) is 0 Å². The van der Waals surface area contributed by atoms with E-state index in [1.165, 1.54) is 26.3 Å². The number of ether oxygens (including phenoxy) is 1. The average Bonchev–Trinajstić information content (AvgIpc) is 2.82. The number of aromatic nitrogens is 2. The van der Waals surface area contributed by atoms with Crippen molar-refractivity contribution in [2.75, 3.05) is 7.11 Å². The highest BCUT2D eigenvalue weighted by Gasteiger charge is 2.18. The first-order valence-electron chi connectivity index (χ1n) is 5.46. The standard InChI is InChI=1S/C11H15N3O2/c1-16-10-6-9(12-7-13-10)11(15)14-8-4-2-3-5-8/h6-8H,2-5H2,1H3,(H,14,15). The molecular weight excluding hydrogens is 206 g/mol. The largest absolute Gasteiger partial charge is 0.481 e. The average molecular weight is 221 g/mol. The first-order valence-corrected chi connectivity index (χ1v) is 5.46. The molecule has 86 valence electrons. The molecule has 1 aliphatic rings. The van der Waals surface area contributed by atoms with E-state index in [1.54, 1.807) is 6.07 Å². The molecule has 0 unspecified atom stereocenters. The zero-order valence-corrected chi connectivity index (χ0v) is 9.27. The van der Waals surface area contributed by atoms with Crippen LogP contribution in [-0.2, 0) is 0 Å². The van der Waals surface area contributed by atoms with Crippen molar-refractivity contribution in [3.8, 4) is 5.88 Å². The van der Waals surface area contributed by atoms with E-state index in [2.05, 4.69) is 15.3 Å². The lowest BCUT2D eigenvalue weighted by molar-refractivity contribution is 0.0932. The normalized spacial score (nSPS) is 16.1. The lowest BCUT2D eigenvalue weighted by atomic mass is 10.2. The second kappa shape index (κ2) is 4.92. The van der Waals surface area contributed by atoms with E-state index in [-0.39, 0.29) is 5.91 Å². The minimum absolute atomic E-state index is 0.146. The Bertz CT molecular complexity index is 375. The van der Waals surface area contributed by atoms with Crippen molar-refractivity contribution in [3.63, 3.8) is 0 Å². The fourth-order valence-electron chi connectivity index (χ4n) is 1.90. The van der Waals surface area contributed by atoms with Gasteiger partial charge in [0.2, 0.25) is 5.88 Å². The molecule has 0 saturated heterocycles. The van der Waals surface area contributed by atoms with Crippen LogP contribution in [0.5, 0.6) is 5.88 Å². The molecule has 1 heterocycles. The number of nitrogens with zero attached hydrogens (tertiary/aromatic N) is 2. The maximum absolute atomic E-state index is 11.8. The Hall–Kier alpha value is -1.65. The van der Waals surface area contributed by atoms with Crippen LogP contribution in [0.15, 0.2) is 12.4 Å². The molecule has 2 rings (SSSR count). The van der Waals surface area contributed by atoms with Gasteiger partial charge in [0.05, 0.1) is 7.11 Å². The van der Waals surface area contributed by atoms with Gasteiger partial charge < -0.3 is 10.1 Å². The summed E-state index contributed by atoms with van der Waals surface area (Å²) in [6.07, 6.45) is 5.85.